The number of aromatic nitrogens is 3. The Kier molecular flexibility index (Phi) is 3.27. The first kappa shape index (κ1) is 13.9. The smallest absolute Gasteiger partial charge is 0.273 e. The van der Waals surface area contributed by atoms with Crippen LogP contribution in [0.3, 0.4) is 0 Å². The van der Waals surface area contributed by atoms with E-state index < -0.39 is 0 Å². The molecule has 0 aromatic carbocycles. The zero-order valence-electron chi connectivity index (χ0n) is 12.6. The molecule has 0 unspecified atom stereocenters. The van der Waals surface area contributed by atoms with Gasteiger partial charge in [0, 0.05) is 62.3 Å². The highest BCUT2D eigenvalue weighted by Crippen LogP contribution is 2.40. The largest absolute Gasteiger partial charge is 0.337 e. The maximum Gasteiger partial charge on any atom is 0.273 e. The van der Waals surface area contributed by atoms with Crippen molar-refractivity contribution in [3.63, 3.8) is 0 Å². The summed E-state index contributed by atoms with van der Waals surface area (Å²) >= 11 is 1.48. The van der Waals surface area contributed by atoms with E-state index in [0.29, 0.717) is 11.1 Å². The van der Waals surface area contributed by atoms with Crippen molar-refractivity contribution < 1.29 is 4.79 Å². The van der Waals surface area contributed by atoms with Gasteiger partial charge in [-0.15, -0.1) is 11.3 Å². The molecule has 2 aromatic rings. The summed E-state index contributed by atoms with van der Waals surface area (Å²) in [5.41, 5.74) is 3.87. The third-order valence-corrected chi connectivity index (χ3v) is 5.25. The molecule has 22 heavy (non-hydrogen) atoms. The fraction of sp³-hybridized carbons (Fsp3) is 0.533. The Morgan fingerprint density at radius 2 is 2.27 bits per heavy atom. The van der Waals surface area contributed by atoms with Crippen LogP contribution in [-0.2, 0) is 13.6 Å². The molecule has 0 N–H and O–H groups in total. The fourth-order valence-electron chi connectivity index (χ4n) is 3.67. The summed E-state index contributed by atoms with van der Waals surface area (Å²) in [6, 6.07) is 0. The maximum atomic E-state index is 12.4. The number of likely N-dealkylation sites (tertiary alicyclic amines) is 2. The first-order chi connectivity index (χ1) is 10.6. The van der Waals surface area contributed by atoms with Gasteiger partial charge in [0.25, 0.3) is 5.91 Å². The minimum Gasteiger partial charge on any atom is -0.337 e. The lowest BCUT2D eigenvalue weighted by Gasteiger charge is -2.48. The molecule has 2 fully saturated rings. The molecule has 1 spiro atoms. The summed E-state index contributed by atoms with van der Waals surface area (Å²) in [5.74, 6) is 0.0869. The van der Waals surface area contributed by atoms with Gasteiger partial charge in [-0.25, -0.2) is 4.98 Å². The maximum absolute atomic E-state index is 12.4. The van der Waals surface area contributed by atoms with Crippen LogP contribution < -0.4 is 0 Å². The second kappa shape index (κ2) is 5.17. The molecule has 116 valence electrons. The number of carbonyl (C=O) groups is 1. The fourth-order valence-corrected chi connectivity index (χ4v) is 4.20. The van der Waals surface area contributed by atoms with Crippen molar-refractivity contribution in [2.45, 2.75) is 13.0 Å². The van der Waals surface area contributed by atoms with Gasteiger partial charge in [0.05, 0.1) is 11.7 Å². The molecular formula is C15H19N5OS. The highest BCUT2D eigenvalue weighted by molar-refractivity contribution is 7.07. The number of thiazole rings is 1. The van der Waals surface area contributed by atoms with Crippen LogP contribution in [0.1, 0.15) is 22.5 Å². The molecule has 0 aliphatic carbocycles. The zero-order valence-corrected chi connectivity index (χ0v) is 13.4. The van der Waals surface area contributed by atoms with Crippen LogP contribution in [0.4, 0.5) is 0 Å². The highest BCUT2D eigenvalue weighted by Gasteiger charge is 2.48. The number of hydrogen-bond donors (Lipinski definition) is 0. The predicted octanol–water partition coefficient (Wildman–Crippen LogP) is 1.22. The van der Waals surface area contributed by atoms with E-state index in [2.05, 4.69) is 21.2 Å². The summed E-state index contributed by atoms with van der Waals surface area (Å²) in [6.45, 7) is 4.82. The van der Waals surface area contributed by atoms with Gasteiger partial charge in [0.1, 0.15) is 5.69 Å². The summed E-state index contributed by atoms with van der Waals surface area (Å²) in [4.78, 5) is 20.9. The van der Waals surface area contributed by atoms with Crippen molar-refractivity contribution in [3.8, 4) is 0 Å². The second-order valence-electron chi connectivity index (χ2n) is 6.52. The van der Waals surface area contributed by atoms with Crippen molar-refractivity contribution in [1.82, 2.24) is 24.6 Å². The molecule has 2 aromatic heterocycles. The molecule has 2 aliphatic rings. The first-order valence-electron chi connectivity index (χ1n) is 7.51. The van der Waals surface area contributed by atoms with E-state index in [9.17, 15) is 4.79 Å². The first-order valence-corrected chi connectivity index (χ1v) is 8.45. The second-order valence-corrected chi connectivity index (χ2v) is 7.24. The Labute approximate surface area is 133 Å². The van der Waals surface area contributed by atoms with Crippen molar-refractivity contribution in [3.05, 3.63) is 34.5 Å². The van der Waals surface area contributed by atoms with Gasteiger partial charge < -0.3 is 4.90 Å². The van der Waals surface area contributed by atoms with Gasteiger partial charge in [-0.2, -0.15) is 5.10 Å². The number of nitrogens with zero attached hydrogens (tertiary/aromatic N) is 5. The molecule has 6 nitrogen and oxygen atoms in total. The molecule has 2 aliphatic heterocycles. The van der Waals surface area contributed by atoms with E-state index in [1.54, 1.807) is 5.51 Å². The summed E-state index contributed by atoms with van der Waals surface area (Å²) in [7, 11) is 1.94. The molecule has 0 bridgehead atoms. The topological polar surface area (TPSA) is 54.3 Å². The normalized spacial score (nSPS) is 20.5. The lowest BCUT2D eigenvalue weighted by Crippen LogP contribution is -2.57. The number of hydrogen-bond acceptors (Lipinski definition) is 5. The van der Waals surface area contributed by atoms with Gasteiger partial charge in [0.15, 0.2) is 0 Å². The van der Waals surface area contributed by atoms with Crippen LogP contribution in [-0.4, -0.2) is 56.7 Å². The lowest BCUT2D eigenvalue weighted by molar-refractivity contribution is 0.00255. The molecule has 2 saturated heterocycles. The number of amides is 1. The summed E-state index contributed by atoms with van der Waals surface area (Å²) in [5, 5.41) is 6.05. The van der Waals surface area contributed by atoms with Crippen LogP contribution in [0, 0.1) is 5.41 Å². The van der Waals surface area contributed by atoms with Crippen LogP contribution in [0.5, 0.6) is 0 Å². The highest BCUT2D eigenvalue weighted by atomic mass is 32.1. The van der Waals surface area contributed by atoms with Gasteiger partial charge in [-0.05, 0) is 6.42 Å². The van der Waals surface area contributed by atoms with E-state index in [-0.39, 0.29) is 5.91 Å². The van der Waals surface area contributed by atoms with Crippen LogP contribution >= 0.6 is 11.3 Å². The average molecular weight is 317 g/mol. The van der Waals surface area contributed by atoms with E-state index in [1.165, 1.54) is 16.9 Å². The van der Waals surface area contributed by atoms with Crippen molar-refractivity contribution in [2.24, 2.45) is 12.5 Å². The molecule has 0 saturated carbocycles. The summed E-state index contributed by atoms with van der Waals surface area (Å²) in [6.07, 6.45) is 5.10. The van der Waals surface area contributed by atoms with Gasteiger partial charge >= 0.3 is 0 Å². The van der Waals surface area contributed by atoms with Crippen molar-refractivity contribution >= 4 is 17.2 Å². The Hall–Kier alpha value is -1.73. The lowest BCUT2D eigenvalue weighted by atomic mass is 9.79. The average Bonchev–Trinajstić information content (AvgIpc) is 3.17. The molecule has 0 atom stereocenters. The Morgan fingerprint density at radius 1 is 1.41 bits per heavy atom. The Morgan fingerprint density at radius 3 is 2.95 bits per heavy atom. The molecular weight excluding hydrogens is 298 g/mol. The number of aryl methyl sites for hydroxylation is 1. The minimum absolute atomic E-state index is 0.0869. The predicted molar refractivity (Wildman–Crippen MR) is 83.6 cm³/mol. The Bertz CT molecular complexity index is 674. The van der Waals surface area contributed by atoms with Crippen LogP contribution in [0.2, 0.25) is 0 Å². The van der Waals surface area contributed by atoms with Gasteiger partial charge in [-0.1, -0.05) is 0 Å². The van der Waals surface area contributed by atoms with E-state index in [4.69, 9.17) is 0 Å². The van der Waals surface area contributed by atoms with Crippen LogP contribution in [0.15, 0.2) is 23.3 Å². The zero-order chi connectivity index (χ0) is 15.2. The third-order valence-electron chi connectivity index (χ3n) is 4.66. The van der Waals surface area contributed by atoms with E-state index >= 15 is 0 Å². The third kappa shape index (κ3) is 2.44. The van der Waals surface area contributed by atoms with Crippen molar-refractivity contribution in [2.75, 3.05) is 26.2 Å². The summed E-state index contributed by atoms with van der Waals surface area (Å²) < 4.78 is 1.84. The SMILES string of the molecule is Cn1cc(CN2CC3(CCN(C(=O)c4cscn4)C3)C2)cn1. The van der Waals surface area contributed by atoms with Crippen LogP contribution in [0.25, 0.3) is 0 Å². The molecule has 7 heteroatoms. The van der Waals surface area contributed by atoms with E-state index in [1.807, 2.05) is 28.2 Å². The quantitative estimate of drug-likeness (QED) is 0.854. The molecule has 4 rings (SSSR count). The van der Waals surface area contributed by atoms with Gasteiger partial charge in [-0.3, -0.25) is 14.4 Å². The number of rotatable bonds is 3. The molecule has 0 radical (unpaired) electrons. The van der Waals surface area contributed by atoms with E-state index in [0.717, 1.165) is 39.1 Å². The molecule has 1 amide bonds. The standard InChI is InChI=1S/C15H19N5OS/c1-18-5-12(4-17-18)6-19-8-15(9-19)2-3-20(10-15)14(21)13-7-22-11-16-13/h4-5,7,11H,2-3,6,8-10H2,1H3. The van der Waals surface area contributed by atoms with Gasteiger partial charge in [0.2, 0.25) is 0 Å². The monoisotopic (exact) mass is 317 g/mol. The minimum atomic E-state index is 0.0869. The van der Waals surface area contributed by atoms with Crippen molar-refractivity contribution in [1.29, 1.82) is 0 Å². The number of carbonyl (C=O) groups excluding carboxylic acids is 1. The Balaban J connectivity index is 1.33. The molecule has 4 heterocycles.